The van der Waals surface area contributed by atoms with Crippen LogP contribution in [0.25, 0.3) is 0 Å². The molecule has 0 aliphatic rings. The topological polar surface area (TPSA) is 40.5 Å². The van der Waals surface area contributed by atoms with Gasteiger partial charge in [-0.15, -0.1) is 11.3 Å². The molecule has 0 amide bonds. The molecule has 5 heteroatoms. The monoisotopic (exact) mass is 344 g/mol. The highest BCUT2D eigenvalue weighted by molar-refractivity contribution is 7.09. The van der Waals surface area contributed by atoms with E-state index in [-0.39, 0.29) is 0 Å². The second-order valence-electron chi connectivity index (χ2n) is 6.34. The van der Waals surface area contributed by atoms with E-state index in [1.54, 1.807) is 11.3 Å². The molecule has 0 bridgehead atoms. The number of nitrogens with zero attached hydrogens (tertiary/aromatic N) is 3. The van der Waals surface area contributed by atoms with Gasteiger partial charge >= 0.3 is 0 Å². The van der Waals surface area contributed by atoms with Crippen LogP contribution in [0.3, 0.4) is 0 Å². The molecule has 1 aromatic carbocycles. The van der Waals surface area contributed by atoms with Crippen LogP contribution >= 0.6 is 11.3 Å². The van der Waals surface area contributed by atoms with Gasteiger partial charge < -0.3 is 10.2 Å². The van der Waals surface area contributed by atoms with E-state index in [0.717, 1.165) is 31.2 Å². The molecule has 0 spiro atoms. The van der Waals surface area contributed by atoms with Crippen LogP contribution in [0.2, 0.25) is 0 Å². The Hall–Kier alpha value is -1.88. The summed E-state index contributed by atoms with van der Waals surface area (Å²) in [5.41, 5.74) is 3.79. The van der Waals surface area contributed by atoms with Gasteiger partial charge in [-0.2, -0.15) is 0 Å². The first-order valence-corrected chi connectivity index (χ1v) is 9.29. The molecule has 130 valence electrons. The average Bonchev–Trinajstić information content (AvgIpc) is 3.03. The molecule has 1 heterocycles. The predicted octanol–water partition coefficient (Wildman–Crippen LogP) is 3.82. The third-order valence-corrected chi connectivity index (χ3v) is 5.16. The van der Waals surface area contributed by atoms with E-state index in [4.69, 9.17) is 0 Å². The number of aliphatic imine (C=N–C) groups is 1. The van der Waals surface area contributed by atoms with E-state index in [0.29, 0.717) is 5.92 Å². The molecule has 0 atom stereocenters. The average molecular weight is 345 g/mol. The van der Waals surface area contributed by atoms with Gasteiger partial charge in [-0.25, -0.2) is 4.98 Å². The molecule has 0 radical (unpaired) electrons. The summed E-state index contributed by atoms with van der Waals surface area (Å²) in [6.07, 6.45) is 0.917. The van der Waals surface area contributed by atoms with E-state index in [1.165, 1.54) is 16.1 Å². The Bertz CT molecular complexity index is 676. The summed E-state index contributed by atoms with van der Waals surface area (Å²) in [5, 5.41) is 6.81. The first-order valence-electron chi connectivity index (χ1n) is 8.41. The fourth-order valence-electron chi connectivity index (χ4n) is 2.51. The van der Waals surface area contributed by atoms with Crippen molar-refractivity contribution >= 4 is 17.3 Å². The maximum Gasteiger partial charge on any atom is 0.193 e. The van der Waals surface area contributed by atoms with E-state index in [2.05, 4.69) is 77.7 Å². The highest BCUT2D eigenvalue weighted by Gasteiger charge is 2.09. The number of hydrogen-bond acceptors (Lipinski definition) is 3. The highest BCUT2D eigenvalue weighted by Crippen LogP contribution is 2.19. The van der Waals surface area contributed by atoms with Gasteiger partial charge in [0.1, 0.15) is 0 Å². The molecule has 0 saturated heterocycles. The lowest BCUT2D eigenvalue weighted by molar-refractivity contribution is 0.476. The van der Waals surface area contributed by atoms with Gasteiger partial charge in [0.15, 0.2) is 5.96 Å². The van der Waals surface area contributed by atoms with E-state index in [9.17, 15) is 0 Å². The molecule has 1 N–H and O–H groups in total. The SMILES string of the molecule is CN=C(NCCc1csc(C(C)C)n1)N(C)Cc1ccccc1C. The van der Waals surface area contributed by atoms with Crippen molar-refractivity contribution in [1.29, 1.82) is 0 Å². The number of guanidine groups is 1. The minimum Gasteiger partial charge on any atom is -0.356 e. The Morgan fingerprint density at radius 1 is 1.33 bits per heavy atom. The Kier molecular flexibility index (Phi) is 6.79. The van der Waals surface area contributed by atoms with Crippen molar-refractivity contribution in [3.8, 4) is 0 Å². The molecular weight excluding hydrogens is 316 g/mol. The van der Waals surface area contributed by atoms with Gasteiger partial charge in [0.05, 0.1) is 10.7 Å². The number of hydrogen-bond donors (Lipinski definition) is 1. The summed E-state index contributed by atoms with van der Waals surface area (Å²) in [4.78, 5) is 11.2. The molecule has 0 unspecified atom stereocenters. The minimum atomic E-state index is 0.504. The Morgan fingerprint density at radius 2 is 2.08 bits per heavy atom. The maximum absolute atomic E-state index is 4.68. The fraction of sp³-hybridized carbons (Fsp3) is 0.474. The Morgan fingerprint density at radius 3 is 2.71 bits per heavy atom. The zero-order valence-corrected chi connectivity index (χ0v) is 16.2. The van der Waals surface area contributed by atoms with Crippen molar-refractivity contribution in [2.75, 3.05) is 20.6 Å². The van der Waals surface area contributed by atoms with Crippen LogP contribution in [0.15, 0.2) is 34.6 Å². The summed E-state index contributed by atoms with van der Waals surface area (Å²) in [6.45, 7) is 8.20. The number of rotatable bonds is 6. The minimum absolute atomic E-state index is 0.504. The van der Waals surface area contributed by atoms with Gasteiger partial charge in [-0.3, -0.25) is 4.99 Å². The van der Waals surface area contributed by atoms with Gasteiger partial charge in [0.25, 0.3) is 0 Å². The van der Waals surface area contributed by atoms with Crippen molar-refractivity contribution in [1.82, 2.24) is 15.2 Å². The van der Waals surface area contributed by atoms with Crippen molar-refractivity contribution in [3.05, 3.63) is 51.5 Å². The molecule has 1 aromatic heterocycles. The van der Waals surface area contributed by atoms with Crippen LogP contribution in [0, 0.1) is 6.92 Å². The van der Waals surface area contributed by atoms with Gasteiger partial charge in [-0.05, 0) is 18.1 Å². The number of nitrogens with one attached hydrogen (secondary N) is 1. The molecule has 0 aliphatic heterocycles. The van der Waals surface area contributed by atoms with Crippen molar-refractivity contribution < 1.29 is 0 Å². The van der Waals surface area contributed by atoms with Gasteiger partial charge in [-0.1, -0.05) is 38.1 Å². The van der Waals surface area contributed by atoms with Crippen LogP contribution in [0.4, 0.5) is 0 Å². The number of thiazole rings is 1. The number of aryl methyl sites for hydroxylation is 1. The second kappa shape index (κ2) is 8.83. The van der Waals surface area contributed by atoms with E-state index in [1.807, 2.05) is 7.05 Å². The Balaban J connectivity index is 1.86. The quantitative estimate of drug-likeness (QED) is 0.640. The van der Waals surface area contributed by atoms with E-state index < -0.39 is 0 Å². The molecule has 0 saturated carbocycles. The third kappa shape index (κ3) is 5.06. The molecule has 2 rings (SSSR count). The molecule has 0 aliphatic carbocycles. The van der Waals surface area contributed by atoms with Crippen LogP contribution in [0.5, 0.6) is 0 Å². The maximum atomic E-state index is 4.68. The summed E-state index contributed by atoms with van der Waals surface area (Å²) in [5.74, 6) is 1.42. The predicted molar refractivity (Wildman–Crippen MR) is 104 cm³/mol. The first kappa shape index (κ1) is 18.5. The lowest BCUT2D eigenvalue weighted by Gasteiger charge is -2.23. The first-order chi connectivity index (χ1) is 11.5. The second-order valence-corrected chi connectivity index (χ2v) is 7.23. The van der Waals surface area contributed by atoms with Crippen molar-refractivity contribution in [2.24, 2.45) is 4.99 Å². The molecule has 2 aromatic rings. The van der Waals surface area contributed by atoms with Gasteiger partial charge in [0, 0.05) is 44.9 Å². The smallest absolute Gasteiger partial charge is 0.193 e. The lowest BCUT2D eigenvalue weighted by Crippen LogP contribution is -2.39. The Labute approximate surface area is 149 Å². The van der Waals surface area contributed by atoms with Crippen LogP contribution in [0.1, 0.15) is 41.6 Å². The van der Waals surface area contributed by atoms with E-state index >= 15 is 0 Å². The summed E-state index contributed by atoms with van der Waals surface area (Å²) in [7, 11) is 3.90. The zero-order valence-electron chi connectivity index (χ0n) is 15.3. The largest absolute Gasteiger partial charge is 0.356 e. The van der Waals surface area contributed by atoms with Crippen LogP contribution in [-0.4, -0.2) is 36.5 Å². The summed E-state index contributed by atoms with van der Waals surface area (Å²) < 4.78 is 0. The van der Waals surface area contributed by atoms with Gasteiger partial charge in [0.2, 0.25) is 0 Å². The van der Waals surface area contributed by atoms with Crippen molar-refractivity contribution in [3.63, 3.8) is 0 Å². The molecular formula is C19H28N4S. The van der Waals surface area contributed by atoms with Crippen LogP contribution < -0.4 is 5.32 Å². The molecule has 24 heavy (non-hydrogen) atoms. The normalized spacial score (nSPS) is 11.8. The molecule has 0 fully saturated rings. The standard InChI is InChI=1S/C19H28N4S/c1-14(2)18-22-17(13-24-18)10-11-21-19(20-4)23(5)12-16-9-7-6-8-15(16)3/h6-9,13-14H,10-12H2,1-5H3,(H,20,21). The van der Waals surface area contributed by atoms with Crippen molar-refractivity contribution in [2.45, 2.75) is 39.7 Å². The molecule has 4 nitrogen and oxygen atoms in total. The third-order valence-electron chi connectivity index (χ3n) is 3.97. The zero-order chi connectivity index (χ0) is 17.5. The summed E-state index contributed by atoms with van der Waals surface area (Å²) in [6, 6.07) is 8.47. The lowest BCUT2D eigenvalue weighted by atomic mass is 10.1. The number of benzene rings is 1. The van der Waals surface area contributed by atoms with Crippen LogP contribution in [-0.2, 0) is 13.0 Å². The summed E-state index contributed by atoms with van der Waals surface area (Å²) >= 11 is 1.75. The number of aromatic nitrogens is 1. The fourth-order valence-corrected chi connectivity index (χ4v) is 3.38. The highest BCUT2D eigenvalue weighted by atomic mass is 32.1.